The maximum atomic E-state index is 12.3. The highest BCUT2D eigenvalue weighted by molar-refractivity contribution is 7.09. The Bertz CT molecular complexity index is 494. The van der Waals surface area contributed by atoms with Gasteiger partial charge in [0.25, 0.3) is 5.91 Å². The SMILES string of the molecule is Cc1nc(C(=O)N[C@H]2CCCN(C3CCCCCC3)C2)cs1. The predicted octanol–water partition coefficient (Wildman–Crippen LogP) is 3.37. The lowest BCUT2D eigenvalue weighted by Gasteiger charge is -2.38. The average molecular weight is 321 g/mol. The van der Waals surface area contributed by atoms with Gasteiger partial charge in [0, 0.05) is 24.0 Å². The molecule has 0 unspecified atom stereocenters. The molecule has 3 rings (SSSR count). The maximum absolute atomic E-state index is 12.3. The molecule has 2 fully saturated rings. The molecule has 0 bridgehead atoms. The van der Waals surface area contributed by atoms with Crippen molar-refractivity contribution in [2.75, 3.05) is 13.1 Å². The summed E-state index contributed by atoms with van der Waals surface area (Å²) in [5, 5.41) is 6.01. The topological polar surface area (TPSA) is 45.2 Å². The maximum Gasteiger partial charge on any atom is 0.271 e. The molecule has 1 aliphatic carbocycles. The molecule has 1 amide bonds. The quantitative estimate of drug-likeness (QED) is 0.868. The molecule has 0 spiro atoms. The average Bonchev–Trinajstić information content (AvgIpc) is 2.79. The molecule has 2 heterocycles. The Morgan fingerprint density at radius 2 is 2.00 bits per heavy atom. The van der Waals surface area contributed by atoms with Crippen LogP contribution in [-0.4, -0.2) is 41.0 Å². The molecule has 0 radical (unpaired) electrons. The number of carbonyl (C=O) groups excluding carboxylic acids is 1. The zero-order valence-corrected chi connectivity index (χ0v) is 14.3. The summed E-state index contributed by atoms with van der Waals surface area (Å²) in [4.78, 5) is 19.2. The first-order chi connectivity index (χ1) is 10.7. The minimum atomic E-state index is -0.00272. The molecule has 122 valence electrons. The Hall–Kier alpha value is -0.940. The van der Waals surface area contributed by atoms with Crippen LogP contribution in [0.15, 0.2) is 5.38 Å². The van der Waals surface area contributed by atoms with Gasteiger partial charge in [-0.25, -0.2) is 4.98 Å². The van der Waals surface area contributed by atoms with Crippen molar-refractivity contribution in [2.24, 2.45) is 0 Å². The van der Waals surface area contributed by atoms with E-state index in [0.717, 1.165) is 24.0 Å². The third-order valence-corrected chi connectivity index (χ3v) is 5.75. The van der Waals surface area contributed by atoms with Gasteiger partial charge in [-0.15, -0.1) is 11.3 Å². The molecule has 5 heteroatoms. The fourth-order valence-electron chi connectivity index (χ4n) is 3.81. The molecule has 1 saturated carbocycles. The molecular weight excluding hydrogens is 294 g/mol. The predicted molar refractivity (Wildman–Crippen MR) is 90.4 cm³/mol. The summed E-state index contributed by atoms with van der Waals surface area (Å²) in [7, 11) is 0. The Morgan fingerprint density at radius 3 is 2.68 bits per heavy atom. The number of nitrogens with one attached hydrogen (secondary N) is 1. The van der Waals surface area contributed by atoms with E-state index in [-0.39, 0.29) is 11.9 Å². The largest absolute Gasteiger partial charge is 0.347 e. The second kappa shape index (κ2) is 7.55. The Balaban J connectivity index is 1.54. The third-order valence-electron chi connectivity index (χ3n) is 4.98. The Kier molecular flexibility index (Phi) is 5.47. The zero-order valence-electron chi connectivity index (χ0n) is 13.5. The van der Waals surface area contributed by atoms with Crippen LogP contribution < -0.4 is 5.32 Å². The van der Waals surface area contributed by atoms with Crippen molar-refractivity contribution in [3.63, 3.8) is 0 Å². The Labute approximate surface area is 137 Å². The van der Waals surface area contributed by atoms with Crippen molar-refractivity contribution in [1.82, 2.24) is 15.2 Å². The number of hydrogen-bond donors (Lipinski definition) is 1. The fraction of sp³-hybridized carbons (Fsp3) is 0.765. The first-order valence-electron chi connectivity index (χ1n) is 8.69. The summed E-state index contributed by atoms with van der Waals surface area (Å²) in [6.07, 6.45) is 10.5. The van der Waals surface area contributed by atoms with E-state index in [1.54, 1.807) is 0 Å². The lowest BCUT2D eigenvalue weighted by molar-refractivity contribution is 0.0856. The van der Waals surface area contributed by atoms with E-state index in [4.69, 9.17) is 0 Å². The molecule has 1 aromatic heterocycles. The molecule has 1 aliphatic heterocycles. The van der Waals surface area contributed by atoms with Crippen LogP contribution in [-0.2, 0) is 0 Å². The molecule has 1 saturated heterocycles. The molecule has 4 nitrogen and oxygen atoms in total. The van der Waals surface area contributed by atoms with Crippen molar-refractivity contribution in [3.05, 3.63) is 16.1 Å². The summed E-state index contributed by atoms with van der Waals surface area (Å²) in [5.74, 6) is -0.00272. The summed E-state index contributed by atoms with van der Waals surface area (Å²) in [6.45, 7) is 4.15. The van der Waals surface area contributed by atoms with Crippen molar-refractivity contribution >= 4 is 17.2 Å². The normalized spacial score (nSPS) is 24.9. The van der Waals surface area contributed by atoms with Gasteiger partial charge >= 0.3 is 0 Å². The number of hydrogen-bond acceptors (Lipinski definition) is 4. The molecular formula is C17H27N3OS. The van der Waals surface area contributed by atoms with Crippen LogP contribution in [0.25, 0.3) is 0 Å². The van der Waals surface area contributed by atoms with Crippen LogP contribution in [0.3, 0.4) is 0 Å². The number of rotatable bonds is 3. The van der Waals surface area contributed by atoms with Gasteiger partial charge in [0.15, 0.2) is 0 Å². The van der Waals surface area contributed by atoms with Crippen LogP contribution in [0.4, 0.5) is 0 Å². The van der Waals surface area contributed by atoms with Crippen molar-refractivity contribution in [2.45, 2.75) is 70.4 Å². The van der Waals surface area contributed by atoms with E-state index in [1.807, 2.05) is 12.3 Å². The zero-order chi connectivity index (χ0) is 15.4. The molecule has 1 aromatic rings. The van der Waals surface area contributed by atoms with Crippen LogP contribution >= 0.6 is 11.3 Å². The van der Waals surface area contributed by atoms with Gasteiger partial charge in [-0.1, -0.05) is 25.7 Å². The first kappa shape index (κ1) is 15.9. The van der Waals surface area contributed by atoms with E-state index < -0.39 is 0 Å². The van der Waals surface area contributed by atoms with Gasteiger partial charge in [-0.05, 0) is 39.2 Å². The number of aromatic nitrogens is 1. The highest BCUT2D eigenvalue weighted by Gasteiger charge is 2.27. The lowest BCUT2D eigenvalue weighted by Crippen LogP contribution is -2.51. The number of nitrogens with zero attached hydrogens (tertiary/aromatic N) is 2. The van der Waals surface area contributed by atoms with Gasteiger partial charge in [-0.3, -0.25) is 9.69 Å². The smallest absolute Gasteiger partial charge is 0.271 e. The molecule has 0 aromatic carbocycles. The van der Waals surface area contributed by atoms with E-state index in [2.05, 4.69) is 15.2 Å². The van der Waals surface area contributed by atoms with Gasteiger partial charge in [0.2, 0.25) is 0 Å². The number of aryl methyl sites for hydroxylation is 1. The highest BCUT2D eigenvalue weighted by atomic mass is 32.1. The van der Waals surface area contributed by atoms with Crippen LogP contribution in [0.1, 0.15) is 66.9 Å². The van der Waals surface area contributed by atoms with E-state index in [0.29, 0.717) is 5.69 Å². The summed E-state index contributed by atoms with van der Waals surface area (Å²) >= 11 is 1.54. The number of likely N-dealkylation sites (tertiary alicyclic amines) is 1. The second-order valence-corrected chi connectivity index (χ2v) is 7.77. The van der Waals surface area contributed by atoms with Crippen LogP contribution in [0.2, 0.25) is 0 Å². The standard InChI is InChI=1S/C17H27N3OS/c1-13-18-16(12-22-13)17(21)19-14-7-6-10-20(11-14)15-8-4-2-3-5-9-15/h12,14-15H,2-11H2,1H3,(H,19,21)/t14-/m0/s1. The Morgan fingerprint density at radius 1 is 1.23 bits per heavy atom. The van der Waals surface area contributed by atoms with Crippen LogP contribution in [0.5, 0.6) is 0 Å². The van der Waals surface area contributed by atoms with Crippen molar-refractivity contribution < 1.29 is 4.79 Å². The highest BCUT2D eigenvalue weighted by Crippen LogP contribution is 2.24. The molecule has 22 heavy (non-hydrogen) atoms. The van der Waals surface area contributed by atoms with Gasteiger partial charge in [-0.2, -0.15) is 0 Å². The number of thiazole rings is 1. The van der Waals surface area contributed by atoms with Crippen molar-refractivity contribution in [1.29, 1.82) is 0 Å². The van der Waals surface area contributed by atoms with Crippen LogP contribution in [0, 0.1) is 6.92 Å². The fourth-order valence-corrected chi connectivity index (χ4v) is 4.40. The summed E-state index contributed by atoms with van der Waals surface area (Å²) in [5.41, 5.74) is 0.578. The molecule has 1 N–H and O–H groups in total. The van der Waals surface area contributed by atoms with E-state index in [1.165, 1.54) is 62.8 Å². The summed E-state index contributed by atoms with van der Waals surface area (Å²) in [6, 6.07) is 1.02. The monoisotopic (exact) mass is 321 g/mol. The number of piperidine rings is 1. The minimum Gasteiger partial charge on any atom is -0.347 e. The van der Waals surface area contributed by atoms with Gasteiger partial charge in [0.05, 0.1) is 5.01 Å². The second-order valence-electron chi connectivity index (χ2n) is 6.70. The third kappa shape index (κ3) is 4.07. The first-order valence-corrected chi connectivity index (χ1v) is 9.57. The van der Waals surface area contributed by atoms with E-state index in [9.17, 15) is 4.79 Å². The molecule has 2 aliphatic rings. The number of carbonyl (C=O) groups is 1. The molecule has 1 atom stereocenters. The minimum absolute atomic E-state index is 0.00272. The number of amides is 1. The van der Waals surface area contributed by atoms with Gasteiger partial charge < -0.3 is 5.32 Å². The lowest BCUT2D eigenvalue weighted by atomic mass is 10.00. The van der Waals surface area contributed by atoms with Gasteiger partial charge in [0.1, 0.15) is 5.69 Å². The van der Waals surface area contributed by atoms with Crippen molar-refractivity contribution in [3.8, 4) is 0 Å². The summed E-state index contributed by atoms with van der Waals surface area (Å²) < 4.78 is 0. The van der Waals surface area contributed by atoms with E-state index >= 15 is 0 Å².